The predicted molar refractivity (Wildman–Crippen MR) is 72.2 cm³/mol. The number of hydrogen-bond acceptors (Lipinski definition) is 7. The minimum Gasteiger partial charge on any atom is -0.396 e. The van der Waals surface area contributed by atoms with Crippen molar-refractivity contribution in [2.24, 2.45) is 5.92 Å². The number of aromatic nitrogens is 2. The molecule has 8 nitrogen and oxygen atoms in total. The maximum atomic E-state index is 11.1. The topological polar surface area (TPSA) is 113 Å². The van der Waals surface area contributed by atoms with Crippen molar-refractivity contribution < 1.29 is 10.0 Å². The van der Waals surface area contributed by atoms with Crippen LogP contribution < -0.4 is 10.6 Å². The number of aliphatic hydroxyl groups excluding tert-OH is 1. The van der Waals surface area contributed by atoms with E-state index in [1.165, 1.54) is 6.33 Å². The number of rotatable bonds is 8. The Labute approximate surface area is 111 Å². The minimum atomic E-state index is -0.503. The molecule has 0 fully saturated rings. The molecule has 0 aliphatic rings. The van der Waals surface area contributed by atoms with Gasteiger partial charge >= 0.3 is 5.69 Å². The molecule has 0 amide bonds. The Morgan fingerprint density at radius 3 is 2.58 bits per heavy atom. The van der Waals surface area contributed by atoms with Crippen LogP contribution in [0.15, 0.2) is 6.33 Å². The fourth-order valence-electron chi connectivity index (χ4n) is 1.57. The summed E-state index contributed by atoms with van der Waals surface area (Å²) in [6.45, 7) is 4.92. The molecular weight excluding hydrogens is 250 g/mol. The van der Waals surface area contributed by atoms with Gasteiger partial charge in [-0.05, 0) is 19.3 Å². The van der Waals surface area contributed by atoms with Crippen LogP contribution in [0.4, 0.5) is 17.3 Å². The largest absolute Gasteiger partial charge is 0.396 e. The van der Waals surface area contributed by atoms with Crippen molar-refractivity contribution in [1.29, 1.82) is 0 Å². The maximum absolute atomic E-state index is 11.1. The average molecular weight is 269 g/mol. The lowest BCUT2D eigenvalue weighted by Crippen LogP contribution is -2.15. The summed E-state index contributed by atoms with van der Waals surface area (Å²) in [6.07, 6.45) is 1.91. The van der Waals surface area contributed by atoms with Crippen LogP contribution in [0.2, 0.25) is 0 Å². The lowest BCUT2D eigenvalue weighted by atomic mass is 10.1. The van der Waals surface area contributed by atoms with Crippen molar-refractivity contribution in [3.05, 3.63) is 16.4 Å². The van der Waals surface area contributed by atoms with Crippen LogP contribution in [0.1, 0.15) is 20.3 Å². The van der Waals surface area contributed by atoms with Gasteiger partial charge in [-0.1, -0.05) is 6.92 Å². The molecule has 1 atom stereocenters. The van der Waals surface area contributed by atoms with Gasteiger partial charge in [0.2, 0.25) is 11.6 Å². The standard InChI is InChI=1S/C11H19N5O3/c1-3-12-10-9(16(18)19)11(15-7-14-10)13-6-8(2)4-5-17/h7-8,17H,3-6H2,1-2H3,(H2,12,13,14,15). The molecular formula is C11H19N5O3. The van der Waals surface area contributed by atoms with Crippen LogP contribution in [0.25, 0.3) is 0 Å². The molecule has 0 aliphatic carbocycles. The van der Waals surface area contributed by atoms with Gasteiger partial charge < -0.3 is 15.7 Å². The van der Waals surface area contributed by atoms with Gasteiger partial charge in [0.1, 0.15) is 6.33 Å². The number of nitro groups is 1. The molecule has 0 radical (unpaired) electrons. The molecule has 19 heavy (non-hydrogen) atoms. The van der Waals surface area contributed by atoms with Gasteiger partial charge in [-0.25, -0.2) is 9.97 Å². The quantitative estimate of drug-likeness (QED) is 0.480. The van der Waals surface area contributed by atoms with Gasteiger partial charge in [-0.15, -0.1) is 0 Å². The first-order valence-corrected chi connectivity index (χ1v) is 6.18. The van der Waals surface area contributed by atoms with Gasteiger partial charge in [0.15, 0.2) is 0 Å². The molecule has 1 rings (SSSR count). The summed E-state index contributed by atoms with van der Waals surface area (Å²) in [7, 11) is 0. The molecule has 0 aromatic carbocycles. The summed E-state index contributed by atoms with van der Waals surface area (Å²) in [4.78, 5) is 18.4. The molecule has 0 bridgehead atoms. The van der Waals surface area contributed by atoms with Gasteiger partial charge in [0.25, 0.3) is 0 Å². The van der Waals surface area contributed by atoms with Crippen LogP contribution in [-0.4, -0.2) is 39.7 Å². The molecule has 1 aromatic rings. The van der Waals surface area contributed by atoms with E-state index in [1.54, 1.807) is 0 Å². The van der Waals surface area contributed by atoms with E-state index in [0.29, 0.717) is 19.5 Å². The van der Waals surface area contributed by atoms with E-state index in [1.807, 2.05) is 13.8 Å². The Morgan fingerprint density at radius 2 is 2.05 bits per heavy atom. The summed E-state index contributed by atoms with van der Waals surface area (Å²) < 4.78 is 0. The monoisotopic (exact) mass is 269 g/mol. The van der Waals surface area contributed by atoms with Gasteiger partial charge in [-0.2, -0.15) is 0 Å². The summed E-state index contributed by atoms with van der Waals surface area (Å²) in [5, 5.41) is 25.7. The number of anilines is 2. The zero-order valence-electron chi connectivity index (χ0n) is 11.1. The highest BCUT2D eigenvalue weighted by Gasteiger charge is 2.22. The number of nitrogens with one attached hydrogen (secondary N) is 2. The third-order valence-corrected chi connectivity index (χ3v) is 2.59. The maximum Gasteiger partial charge on any atom is 0.353 e. The van der Waals surface area contributed by atoms with Crippen molar-refractivity contribution in [2.75, 3.05) is 30.3 Å². The van der Waals surface area contributed by atoms with Crippen LogP contribution in [-0.2, 0) is 0 Å². The summed E-state index contributed by atoms with van der Waals surface area (Å²) >= 11 is 0. The summed E-state index contributed by atoms with van der Waals surface area (Å²) in [5.74, 6) is 0.600. The predicted octanol–water partition coefficient (Wildman–Crippen LogP) is 1.25. The highest BCUT2D eigenvalue weighted by Crippen LogP contribution is 2.28. The van der Waals surface area contributed by atoms with Gasteiger partial charge in [0, 0.05) is 19.7 Å². The summed E-state index contributed by atoms with van der Waals surface area (Å²) in [6, 6.07) is 0. The third kappa shape index (κ3) is 4.32. The average Bonchev–Trinajstić information content (AvgIpc) is 2.37. The number of nitrogens with zero attached hydrogens (tertiary/aromatic N) is 3. The first kappa shape index (κ1) is 15.1. The SMILES string of the molecule is CCNc1ncnc(NCC(C)CCO)c1[N+](=O)[O-]. The Morgan fingerprint density at radius 1 is 1.42 bits per heavy atom. The Balaban J connectivity index is 2.87. The second kappa shape index (κ2) is 7.47. The Bertz CT molecular complexity index is 427. The van der Waals surface area contributed by atoms with E-state index in [0.717, 1.165) is 0 Å². The third-order valence-electron chi connectivity index (χ3n) is 2.59. The van der Waals surface area contributed by atoms with E-state index in [9.17, 15) is 10.1 Å². The molecule has 1 unspecified atom stereocenters. The zero-order valence-corrected chi connectivity index (χ0v) is 11.1. The second-order valence-corrected chi connectivity index (χ2v) is 4.21. The van der Waals surface area contributed by atoms with Crippen molar-refractivity contribution >= 4 is 17.3 Å². The van der Waals surface area contributed by atoms with Crippen LogP contribution in [0.5, 0.6) is 0 Å². The van der Waals surface area contributed by atoms with Crippen molar-refractivity contribution in [3.63, 3.8) is 0 Å². The molecule has 3 N–H and O–H groups in total. The fourth-order valence-corrected chi connectivity index (χ4v) is 1.57. The normalized spacial score (nSPS) is 11.9. The Kier molecular flexibility index (Phi) is 5.94. The first-order chi connectivity index (χ1) is 9.10. The van der Waals surface area contributed by atoms with Crippen LogP contribution >= 0.6 is 0 Å². The van der Waals surface area contributed by atoms with E-state index in [4.69, 9.17) is 5.11 Å². The van der Waals surface area contributed by atoms with Crippen molar-refractivity contribution in [1.82, 2.24) is 9.97 Å². The summed E-state index contributed by atoms with van der Waals surface area (Å²) in [5.41, 5.74) is -0.152. The van der Waals surface area contributed by atoms with Crippen molar-refractivity contribution in [3.8, 4) is 0 Å². The second-order valence-electron chi connectivity index (χ2n) is 4.21. The van der Waals surface area contributed by atoms with E-state index in [2.05, 4.69) is 20.6 Å². The molecule has 0 spiro atoms. The molecule has 0 saturated carbocycles. The first-order valence-electron chi connectivity index (χ1n) is 6.18. The fraction of sp³-hybridized carbons (Fsp3) is 0.636. The molecule has 1 aromatic heterocycles. The number of aliphatic hydroxyl groups is 1. The lowest BCUT2D eigenvalue weighted by molar-refractivity contribution is -0.383. The van der Waals surface area contributed by atoms with Crippen LogP contribution in [0.3, 0.4) is 0 Å². The molecule has 106 valence electrons. The molecule has 0 saturated heterocycles. The lowest BCUT2D eigenvalue weighted by Gasteiger charge is -2.12. The molecule has 8 heteroatoms. The highest BCUT2D eigenvalue weighted by molar-refractivity contribution is 5.69. The molecule has 0 aliphatic heterocycles. The van der Waals surface area contributed by atoms with Gasteiger partial charge in [0.05, 0.1) is 4.92 Å². The smallest absolute Gasteiger partial charge is 0.353 e. The number of hydrogen-bond donors (Lipinski definition) is 3. The van der Waals surface area contributed by atoms with E-state index < -0.39 is 4.92 Å². The van der Waals surface area contributed by atoms with E-state index in [-0.39, 0.29) is 29.8 Å². The molecule has 1 heterocycles. The highest BCUT2D eigenvalue weighted by atomic mass is 16.6. The van der Waals surface area contributed by atoms with Gasteiger partial charge in [-0.3, -0.25) is 10.1 Å². The Hall–Kier alpha value is -1.96. The minimum absolute atomic E-state index is 0.0946. The van der Waals surface area contributed by atoms with Crippen LogP contribution in [0, 0.1) is 16.0 Å². The van der Waals surface area contributed by atoms with Crippen molar-refractivity contribution in [2.45, 2.75) is 20.3 Å². The zero-order chi connectivity index (χ0) is 14.3. The van der Waals surface area contributed by atoms with E-state index >= 15 is 0 Å².